The van der Waals surface area contributed by atoms with E-state index >= 15 is 0 Å². The number of pyridine rings is 1. The summed E-state index contributed by atoms with van der Waals surface area (Å²) in [5.74, 6) is 0.899. The molecule has 1 unspecified atom stereocenters. The summed E-state index contributed by atoms with van der Waals surface area (Å²) >= 11 is 5.21. The minimum atomic E-state index is -3.00. The molecule has 3 rings (SSSR count). The Morgan fingerprint density at radius 1 is 1.50 bits per heavy atom. The van der Waals surface area contributed by atoms with Gasteiger partial charge in [-0.2, -0.15) is 5.10 Å². The molecule has 2 aromatic heterocycles. The van der Waals surface area contributed by atoms with Crippen LogP contribution < -0.4 is 0 Å². The number of hydrogen-bond donors (Lipinski definition) is 1. The smallest absolute Gasteiger partial charge is 0.195 e. The normalized spacial score (nSPS) is 21.1. The highest BCUT2D eigenvalue weighted by atomic mass is 32.2. The van der Waals surface area contributed by atoms with Crippen LogP contribution in [0.4, 0.5) is 0 Å². The fourth-order valence-corrected chi connectivity index (χ4v) is 4.48. The lowest BCUT2D eigenvalue weighted by Crippen LogP contribution is -2.22. The Hall–Kier alpha value is -1.54. The molecule has 1 N–H and O–H groups in total. The lowest BCUT2D eigenvalue weighted by molar-refractivity contribution is 0.565. The van der Waals surface area contributed by atoms with Crippen LogP contribution in [0.15, 0.2) is 24.5 Å². The lowest BCUT2D eigenvalue weighted by Gasteiger charge is -2.12. The Bertz CT molecular complexity index is 764. The maximum atomic E-state index is 12.0. The van der Waals surface area contributed by atoms with E-state index in [1.165, 1.54) is 0 Å². The second kappa shape index (κ2) is 5.10. The van der Waals surface area contributed by atoms with Gasteiger partial charge in [0.2, 0.25) is 0 Å². The standard InChI is InChI=1S/C12H14N4O2S2/c17-20(18)6-2-4-10(20)8-16-11(14-15-12(16)19)9-3-1-5-13-7-9/h1,3,5,7,10H,2,4,6,8H2,(H,15,19). The molecule has 1 atom stereocenters. The highest BCUT2D eigenvalue weighted by Gasteiger charge is 2.32. The number of aromatic nitrogens is 4. The molecular formula is C12H14N4O2S2. The van der Waals surface area contributed by atoms with Crippen molar-refractivity contribution in [3.8, 4) is 11.4 Å². The highest BCUT2D eigenvalue weighted by molar-refractivity contribution is 7.92. The van der Waals surface area contributed by atoms with Gasteiger partial charge in [0, 0.05) is 24.5 Å². The summed E-state index contributed by atoms with van der Waals surface area (Å²) in [7, 11) is -3.00. The lowest BCUT2D eigenvalue weighted by atomic mass is 10.2. The summed E-state index contributed by atoms with van der Waals surface area (Å²) in [6.07, 6.45) is 4.77. The van der Waals surface area contributed by atoms with Gasteiger partial charge >= 0.3 is 0 Å². The molecule has 2 aromatic rings. The predicted molar refractivity (Wildman–Crippen MR) is 77.5 cm³/mol. The molecule has 1 aliphatic rings. The zero-order chi connectivity index (χ0) is 14.2. The first-order valence-electron chi connectivity index (χ1n) is 6.35. The van der Waals surface area contributed by atoms with E-state index in [9.17, 15) is 8.42 Å². The van der Waals surface area contributed by atoms with Gasteiger partial charge in [0.15, 0.2) is 20.4 Å². The van der Waals surface area contributed by atoms with Gasteiger partial charge in [-0.05, 0) is 37.2 Å². The fraction of sp³-hybridized carbons (Fsp3) is 0.417. The molecule has 0 aromatic carbocycles. The van der Waals surface area contributed by atoms with Crippen molar-refractivity contribution in [2.75, 3.05) is 5.75 Å². The van der Waals surface area contributed by atoms with Crippen LogP contribution in [-0.4, -0.2) is 39.2 Å². The Morgan fingerprint density at radius 2 is 2.35 bits per heavy atom. The van der Waals surface area contributed by atoms with Crippen molar-refractivity contribution in [3.63, 3.8) is 0 Å². The third-order valence-electron chi connectivity index (χ3n) is 3.53. The van der Waals surface area contributed by atoms with E-state index in [1.807, 2.05) is 12.1 Å². The van der Waals surface area contributed by atoms with Crippen molar-refractivity contribution < 1.29 is 8.42 Å². The molecule has 6 nitrogen and oxygen atoms in total. The van der Waals surface area contributed by atoms with Crippen LogP contribution in [-0.2, 0) is 16.4 Å². The molecule has 8 heteroatoms. The number of rotatable bonds is 3. The van der Waals surface area contributed by atoms with Crippen LogP contribution in [0.2, 0.25) is 0 Å². The molecule has 0 radical (unpaired) electrons. The monoisotopic (exact) mass is 310 g/mol. The third kappa shape index (κ3) is 2.40. The molecule has 1 saturated heterocycles. The molecule has 106 valence electrons. The minimum absolute atomic E-state index is 0.269. The van der Waals surface area contributed by atoms with Gasteiger partial charge < -0.3 is 0 Å². The minimum Gasteiger partial charge on any atom is -0.299 e. The second-order valence-electron chi connectivity index (χ2n) is 4.84. The quantitative estimate of drug-likeness (QED) is 0.871. The topological polar surface area (TPSA) is 80.6 Å². The average Bonchev–Trinajstić information content (AvgIpc) is 2.96. The number of nitrogens with zero attached hydrogens (tertiary/aromatic N) is 3. The maximum absolute atomic E-state index is 12.0. The summed E-state index contributed by atoms with van der Waals surface area (Å²) in [4.78, 5) is 4.05. The fourth-order valence-electron chi connectivity index (χ4n) is 2.47. The summed E-state index contributed by atoms with van der Waals surface area (Å²) in [6, 6.07) is 3.68. The molecule has 20 heavy (non-hydrogen) atoms. The summed E-state index contributed by atoms with van der Waals surface area (Å²) in [6.45, 7) is 0.349. The third-order valence-corrected chi connectivity index (χ3v) is 6.10. The van der Waals surface area contributed by atoms with Crippen molar-refractivity contribution in [1.29, 1.82) is 0 Å². The van der Waals surface area contributed by atoms with Crippen LogP contribution in [0.1, 0.15) is 12.8 Å². The first-order valence-corrected chi connectivity index (χ1v) is 8.47. The zero-order valence-electron chi connectivity index (χ0n) is 10.7. The Labute approximate surface area is 121 Å². The maximum Gasteiger partial charge on any atom is 0.195 e. The summed E-state index contributed by atoms with van der Waals surface area (Å²) < 4.78 is 26.1. The number of nitrogens with one attached hydrogen (secondary N) is 1. The Kier molecular flexibility index (Phi) is 3.43. The van der Waals surface area contributed by atoms with Gasteiger partial charge in [0.1, 0.15) is 0 Å². The van der Waals surface area contributed by atoms with E-state index in [0.717, 1.165) is 12.0 Å². The second-order valence-corrected chi connectivity index (χ2v) is 7.62. The van der Waals surface area contributed by atoms with E-state index in [-0.39, 0.29) is 11.0 Å². The van der Waals surface area contributed by atoms with Gasteiger partial charge in [0.05, 0.1) is 11.0 Å². The van der Waals surface area contributed by atoms with Gasteiger partial charge in [-0.15, -0.1) is 0 Å². The molecule has 3 heterocycles. The molecule has 0 aliphatic carbocycles. The molecule has 1 fully saturated rings. The van der Waals surface area contributed by atoms with E-state index in [0.29, 0.717) is 23.6 Å². The predicted octanol–water partition coefficient (Wildman–Crippen LogP) is 1.58. The van der Waals surface area contributed by atoms with Crippen LogP contribution in [0.5, 0.6) is 0 Å². The van der Waals surface area contributed by atoms with Crippen LogP contribution in [0, 0.1) is 4.77 Å². The van der Waals surface area contributed by atoms with Gasteiger partial charge in [0.25, 0.3) is 0 Å². The SMILES string of the molecule is O=S1(=O)CCCC1Cn1c(-c2cccnc2)n[nH]c1=S. The Balaban J connectivity index is 1.99. The van der Waals surface area contributed by atoms with E-state index in [1.54, 1.807) is 17.0 Å². The van der Waals surface area contributed by atoms with E-state index in [4.69, 9.17) is 12.2 Å². The number of aromatic amines is 1. The van der Waals surface area contributed by atoms with Crippen molar-refractivity contribution in [2.24, 2.45) is 0 Å². The zero-order valence-corrected chi connectivity index (χ0v) is 12.3. The Morgan fingerprint density at radius 3 is 3.00 bits per heavy atom. The van der Waals surface area contributed by atoms with Gasteiger partial charge in [-0.3, -0.25) is 14.6 Å². The van der Waals surface area contributed by atoms with Gasteiger partial charge in [-0.25, -0.2) is 8.42 Å². The van der Waals surface area contributed by atoms with E-state index in [2.05, 4.69) is 15.2 Å². The molecule has 0 bridgehead atoms. The highest BCUT2D eigenvalue weighted by Crippen LogP contribution is 2.24. The van der Waals surface area contributed by atoms with E-state index < -0.39 is 9.84 Å². The molecule has 0 amide bonds. The van der Waals surface area contributed by atoms with Crippen LogP contribution in [0.3, 0.4) is 0 Å². The number of hydrogen-bond acceptors (Lipinski definition) is 5. The van der Waals surface area contributed by atoms with Crippen molar-refractivity contribution in [2.45, 2.75) is 24.6 Å². The largest absolute Gasteiger partial charge is 0.299 e. The van der Waals surface area contributed by atoms with Crippen LogP contribution >= 0.6 is 12.2 Å². The molecule has 0 saturated carbocycles. The average molecular weight is 310 g/mol. The van der Waals surface area contributed by atoms with Crippen molar-refractivity contribution >= 4 is 22.1 Å². The van der Waals surface area contributed by atoms with Gasteiger partial charge in [-0.1, -0.05) is 0 Å². The van der Waals surface area contributed by atoms with Crippen molar-refractivity contribution in [1.82, 2.24) is 19.7 Å². The molecule has 0 spiro atoms. The van der Waals surface area contributed by atoms with Crippen LogP contribution in [0.25, 0.3) is 11.4 Å². The first-order chi connectivity index (χ1) is 9.58. The first kappa shape index (κ1) is 13.4. The number of sulfone groups is 1. The molecular weight excluding hydrogens is 296 g/mol. The summed E-state index contributed by atoms with van der Waals surface area (Å²) in [5.41, 5.74) is 0.815. The van der Waals surface area contributed by atoms with Crippen molar-refractivity contribution in [3.05, 3.63) is 29.3 Å². The number of H-pyrrole nitrogens is 1. The summed E-state index contributed by atoms with van der Waals surface area (Å²) in [5, 5.41) is 6.54. The molecule has 1 aliphatic heterocycles.